The van der Waals surface area contributed by atoms with E-state index in [1.165, 1.54) is 0 Å². The molecule has 6 heteroatoms. The SMILES string of the molecule is CCCCS(=O)(=O)NCc1cc2c(cc1C)OCCO2. The summed E-state index contributed by atoms with van der Waals surface area (Å²) in [4.78, 5) is 0. The molecule has 0 saturated heterocycles. The highest BCUT2D eigenvalue weighted by atomic mass is 32.2. The number of ether oxygens (including phenoxy) is 2. The summed E-state index contributed by atoms with van der Waals surface area (Å²) in [5.41, 5.74) is 1.90. The summed E-state index contributed by atoms with van der Waals surface area (Å²) in [5, 5.41) is 0. The van der Waals surface area contributed by atoms with Crippen molar-refractivity contribution in [3.8, 4) is 11.5 Å². The zero-order chi connectivity index (χ0) is 14.6. The number of aryl methyl sites for hydroxylation is 1. The van der Waals surface area contributed by atoms with Crippen molar-refractivity contribution in [1.29, 1.82) is 0 Å². The van der Waals surface area contributed by atoms with Gasteiger partial charge in [0.25, 0.3) is 0 Å². The van der Waals surface area contributed by atoms with Gasteiger partial charge in [-0.15, -0.1) is 0 Å². The van der Waals surface area contributed by atoms with Crippen molar-refractivity contribution in [2.75, 3.05) is 19.0 Å². The van der Waals surface area contributed by atoms with Crippen LogP contribution in [-0.2, 0) is 16.6 Å². The Morgan fingerprint density at radius 3 is 2.50 bits per heavy atom. The van der Waals surface area contributed by atoms with Crippen molar-refractivity contribution < 1.29 is 17.9 Å². The Labute approximate surface area is 120 Å². The lowest BCUT2D eigenvalue weighted by atomic mass is 10.1. The molecule has 0 saturated carbocycles. The summed E-state index contributed by atoms with van der Waals surface area (Å²) in [6.45, 7) is 5.27. The third-order valence-electron chi connectivity index (χ3n) is 3.25. The van der Waals surface area contributed by atoms with Gasteiger partial charge in [0, 0.05) is 6.54 Å². The van der Waals surface area contributed by atoms with Crippen LogP contribution in [-0.4, -0.2) is 27.4 Å². The maximum atomic E-state index is 11.8. The average molecular weight is 299 g/mol. The zero-order valence-corrected chi connectivity index (χ0v) is 12.8. The van der Waals surface area contributed by atoms with E-state index in [9.17, 15) is 8.42 Å². The molecule has 2 rings (SSSR count). The molecule has 0 amide bonds. The molecule has 1 aliphatic heterocycles. The number of fused-ring (bicyclic) bond motifs is 1. The van der Waals surface area contributed by atoms with Crippen LogP contribution in [0.25, 0.3) is 0 Å². The van der Waals surface area contributed by atoms with Gasteiger partial charge >= 0.3 is 0 Å². The van der Waals surface area contributed by atoms with E-state index in [1.807, 2.05) is 26.0 Å². The molecule has 1 heterocycles. The third-order valence-corrected chi connectivity index (χ3v) is 4.66. The molecule has 0 unspecified atom stereocenters. The summed E-state index contributed by atoms with van der Waals surface area (Å²) < 4.78 is 37.2. The van der Waals surface area contributed by atoms with Crippen LogP contribution < -0.4 is 14.2 Å². The molecule has 0 aromatic heterocycles. The molecular weight excluding hydrogens is 278 g/mol. The first-order chi connectivity index (χ1) is 9.52. The van der Waals surface area contributed by atoms with E-state index in [2.05, 4.69) is 4.72 Å². The average Bonchev–Trinajstić information content (AvgIpc) is 2.43. The molecule has 0 atom stereocenters. The number of unbranched alkanes of at least 4 members (excludes halogenated alkanes) is 1. The quantitative estimate of drug-likeness (QED) is 0.872. The predicted octanol–water partition coefficient (Wildman–Crippen LogP) is 1.99. The van der Waals surface area contributed by atoms with Crippen LogP contribution >= 0.6 is 0 Å². The van der Waals surface area contributed by atoms with Crippen LogP contribution in [0.1, 0.15) is 30.9 Å². The lowest BCUT2D eigenvalue weighted by molar-refractivity contribution is 0.171. The van der Waals surface area contributed by atoms with E-state index in [4.69, 9.17) is 9.47 Å². The van der Waals surface area contributed by atoms with Crippen LogP contribution in [0.5, 0.6) is 11.5 Å². The Morgan fingerprint density at radius 1 is 1.20 bits per heavy atom. The minimum Gasteiger partial charge on any atom is -0.486 e. The Balaban J connectivity index is 2.06. The van der Waals surface area contributed by atoms with Gasteiger partial charge < -0.3 is 9.47 Å². The first kappa shape index (κ1) is 15.1. The number of hydrogen-bond acceptors (Lipinski definition) is 4. The van der Waals surface area contributed by atoms with Crippen molar-refractivity contribution in [3.05, 3.63) is 23.3 Å². The second-order valence-electron chi connectivity index (χ2n) is 4.92. The molecule has 0 fully saturated rings. The molecule has 1 aromatic rings. The fraction of sp³-hybridized carbons (Fsp3) is 0.571. The number of sulfonamides is 1. The minimum atomic E-state index is -3.20. The van der Waals surface area contributed by atoms with Crippen molar-refractivity contribution in [3.63, 3.8) is 0 Å². The number of benzene rings is 1. The van der Waals surface area contributed by atoms with Crippen LogP contribution in [0.2, 0.25) is 0 Å². The van der Waals surface area contributed by atoms with E-state index in [1.54, 1.807) is 0 Å². The van der Waals surface area contributed by atoms with Crippen LogP contribution in [0.4, 0.5) is 0 Å². The number of hydrogen-bond donors (Lipinski definition) is 1. The maximum Gasteiger partial charge on any atom is 0.211 e. The molecule has 0 aliphatic carbocycles. The van der Waals surface area contributed by atoms with E-state index >= 15 is 0 Å². The minimum absolute atomic E-state index is 0.174. The fourth-order valence-electron chi connectivity index (χ4n) is 2.02. The summed E-state index contributed by atoms with van der Waals surface area (Å²) in [6.07, 6.45) is 1.54. The second kappa shape index (κ2) is 6.45. The van der Waals surface area contributed by atoms with E-state index in [-0.39, 0.29) is 12.3 Å². The molecule has 0 bridgehead atoms. The van der Waals surface area contributed by atoms with Crippen LogP contribution in [0.15, 0.2) is 12.1 Å². The van der Waals surface area contributed by atoms with Gasteiger partial charge in [-0.1, -0.05) is 13.3 Å². The molecule has 1 aromatic carbocycles. The van der Waals surface area contributed by atoms with Gasteiger partial charge in [0.15, 0.2) is 11.5 Å². The zero-order valence-electron chi connectivity index (χ0n) is 11.9. The van der Waals surface area contributed by atoms with Gasteiger partial charge in [-0.05, 0) is 36.6 Å². The molecule has 1 N–H and O–H groups in total. The lowest BCUT2D eigenvalue weighted by Gasteiger charge is -2.20. The smallest absolute Gasteiger partial charge is 0.211 e. The number of rotatable bonds is 6. The van der Waals surface area contributed by atoms with Crippen molar-refractivity contribution in [2.24, 2.45) is 0 Å². The fourth-order valence-corrected chi connectivity index (χ4v) is 3.21. The molecule has 1 aliphatic rings. The molecule has 5 nitrogen and oxygen atoms in total. The Bertz CT molecular complexity index is 569. The molecule has 20 heavy (non-hydrogen) atoms. The topological polar surface area (TPSA) is 64.6 Å². The summed E-state index contributed by atoms with van der Waals surface area (Å²) in [7, 11) is -3.20. The Kier molecular flexibility index (Phi) is 4.88. The maximum absolute atomic E-state index is 11.8. The van der Waals surface area contributed by atoms with Gasteiger partial charge in [-0.25, -0.2) is 13.1 Å². The highest BCUT2D eigenvalue weighted by Gasteiger charge is 2.15. The van der Waals surface area contributed by atoms with Crippen molar-refractivity contribution in [2.45, 2.75) is 33.2 Å². The van der Waals surface area contributed by atoms with Gasteiger partial charge in [-0.3, -0.25) is 0 Å². The first-order valence-corrected chi connectivity index (χ1v) is 8.53. The largest absolute Gasteiger partial charge is 0.486 e. The third kappa shape index (κ3) is 3.86. The normalized spacial score (nSPS) is 14.3. The van der Waals surface area contributed by atoms with Crippen LogP contribution in [0, 0.1) is 6.92 Å². The van der Waals surface area contributed by atoms with Crippen LogP contribution in [0.3, 0.4) is 0 Å². The Hall–Kier alpha value is -1.27. The number of nitrogens with one attached hydrogen (secondary N) is 1. The molecule has 112 valence electrons. The lowest BCUT2D eigenvalue weighted by Crippen LogP contribution is -2.26. The van der Waals surface area contributed by atoms with Gasteiger partial charge in [0.1, 0.15) is 13.2 Å². The molecular formula is C14H21NO4S. The predicted molar refractivity (Wildman–Crippen MR) is 77.7 cm³/mol. The van der Waals surface area contributed by atoms with Gasteiger partial charge in [0.05, 0.1) is 5.75 Å². The monoisotopic (exact) mass is 299 g/mol. The summed E-state index contributed by atoms with van der Waals surface area (Å²) in [6, 6.07) is 3.75. The summed E-state index contributed by atoms with van der Waals surface area (Å²) in [5.74, 6) is 1.59. The van der Waals surface area contributed by atoms with E-state index in [0.717, 1.165) is 23.3 Å². The van der Waals surface area contributed by atoms with E-state index < -0.39 is 10.0 Å². The Morgan fingerprint density at radius 2 is 1.85 bits per heavy atom. The standard InChI is InChI=1S/C14H21NO4S/c1-3-4-7-20(16,17)15-10-12-9-14-13(8-11(12)2)18-5-6-19-14/h8-9,15H,3-7,10H2,1-2H3. The summed E-state index contributed by atoms with van der Waals surface area (Å²) >= 11 is 0. The molecule has 0 radical (unpaired) electrons. The van der Waals surface area contributed by atoms with Crippen molar-refractivity contribution in [1.82, 2.24) is 4.72 Å². The van der Waals surface area contributed by atoms with Gasteiger partial charge in [0.2, 0.25) is 10.0 Å². The van der Waals surface area contributed by atoms with E-state index in [0.29, 0.717) is 25.4 Å². The van der Waals surface area contributed by atoms with Gasteiger partial charge in [-0.2, -0.15) is 0 Å². The highest BCUT2D eigenvalue weighted by molar-refractivity contribution is 7.89. The molecule has 0 spiro atoms. The second-order valence-corrected chi connectivity index (χ2v) is 6.84. The highest BCUT2D eigenvalue weighted by Crippen LogP contribution is 2.32. The first-order valence-electron chi connectivity index (χ1n) is 6.88. The van der Waals surface area contributed by atoms with Crippen molar-refractivity contribution >= 4 is 10.0 Å².